The summed E-state index contributed by atoms with van der Waals surface area (Å²) < 4.78 is 9.23. The number of nitrogens with zero attached hydrogens (tertiary/aromatic N) is 4. The summed E-state index contributed by atoms with van der Waals surface area (Å²) in [4.78, 5) is 0. The van der Waals surface area contributed by atoms with E-state index >= 15 is 0 Å². The monoisotopic (exact) mass is 298 g/mol. The highest BCUT2D eigenvalue weighted by molar-refractivity contribution is 5.85. The first-order valence-corrected chi connectivity index (χ1v) is 7.54. The second kappa shape index (κ2) is 5.14. The smallest absolute Gasteiger partial charge is 0.217 e. The van der Waals surface area contributed by atoms with Crippen LogP contribution in [-0.2, 0) is 11.8 Å². The fourth-order valence-corrected chi connectivity index (χ4v) is 3.00. The van der Waals surface area contributed by atoms with E-state index in [9.17, 15) is 5.11 Å². The summed E-state index contributed by atoms with van der Waals surface area (Å²) in [6.45, 7) is 0.799. The van der Waals surface area contributed by atoms with Crippen molar-refractivity contribution in [2.75, 3.05) is 6.61 Å². The van der Waals surface area contributed by atoms with Crippen LogP contribution in [0.1, 0.15) is 25.5 Å². The number of fused-ring (bicyclic) bond motifs is 1. The minimum absolute atomic E-state index is 0.0314. The topological polar surface area (TPSA) is 65.1 Å². The molecular weight excluding hydrogens is 280 g/mol. The summed E-state index contributed by atoms with van der Waals surface area (Å²) in [7, 11) is 1.72. The molecule has 2 aromatic heterocycles. The molecule has 1 aromatic carbocycles. The van der Waals surface area contributed by atoms with Crippen LogP contribution in [0.15, 0.2) is 30.6 Å². The summed E-state index contributed by atoms with van der Waals surface area (Å²) >= 11 is 0. The van der Waals surface area contributed by atoms with E-state index in [2.05, 4.69) is 10.2 Å². The van der Waals surface area contributed by atoms with Crippen molar-refractivity contribution >= 4 is 10.9 Å². The van der Waals surface area contributed by atoms with Crippen LogP contribution < -0.4 is 0 Å². The van der Waals surface area contributed by atoms with Crippen LogP contribution in [0, 0.1) is 0 Å². The number of ether oxygens (including phenoxy) is 1. The lowest BCUT2D eigenvalue weighted by Gasteiger charge is -2.23. The number of rotatable bonds is 2. The molecule has 6 nitrogen and oxygen atoms in total. The molecule has 6 heteroatoms. The first-order chi connectivity index (χ1) is 10.7. The third kappa shape index (κ3) is 2.07. The van der Waals surface area contributed by atoms with Gasteiger partial charge in [0, 0.05) is 19.0 Å². The summed E-state index contributed by atoms with van der Waals surface area (Å²) in [6.07, 6.45) is 6.86. The summed E-state index contributed by atoms with van der Waals surface area (Å²) in [5.74, 6) is 0.169. The Balaban J connectivity index is 1.75. The average Bonchev–Trinajstić information content (AvgIpc) is 3.12. The second-order valence-corrected chi connectivity index (χ2v) is 5.69. The molecule has 1 unspecified atom stereocenters. The highest BCUT2D eigenvalue weighted by Crippen LogP contribution is 2.32. The molecule has 3 heterocycles. The Labute approximate surface area is 127 Å². The van der Waals surface area contributed by atoms with Gasteiger partial charge in [0.15, 0.2) is 6.23 Å². The predicted octanol–water partition coefficient (Wildman–Crippen LogP) is 2.84. The molecule has 1 aliphatic rings. The summed E-state index contributed by atoms with van der Waals surface area (Å²) in [5.41, 5.74) is 2.72. The van der Waals surface area contributed by atoms with Crippen molar-refractivity contribution in [3.8, 4) is 17.0 Å². The number of aromatic nitrogens is 4. The molecule has 0 bridgehead atoms. The highest BCUT2D eigenvalue weighted by atomic mass is 16.5. The molecule has 0 saturated carbocycles. The maximum Gasteiger partial charge on any atom is 0.217 e. The molecule has 1 N–H and O–H groups in total. The number of hydrogen-bond acceptors (Lipinski definition) is 4. The van der Waals surface area contributed by atoms with E-state index in [1.54, 1.807) is 13.2 Å². The van der Waals surface area contributed by atoms with Crippen molar-refractivity contribution in [2.45, 2.75) is 25.5 Å². The molecule has 114 valence electrons. The number of aromatic hydroxyl groups is 1. The molecular formula is C16H18N4O2. The highest BCUT2D eigenvalue weighted by Gasteiger charge is 2.19. The van der Waals surface area contributed by atoms with E-state index in [1.165, 1.54) is 11.1 Å². The van der Waals surface area contributed by atoms with Crippen LogP contribution in [0.25, 0.3) is 22.0 Å². The van der Waals surface area contributed by atoms with Gasteiger partial charge in [-0.25, -0.2) is 9.36 Å². The largest absolute Gasteiger partial charge is 0.493 e. The van der Waals surface area contributed by atoms with Gasteiger partial charge in [0.2, 0.25) is 5.88 Å². The van der Waals surface area contributed by atoms with Gasteiger partial charge in [0.1, 0.15) is 0 Å². The van der Waals surface area contributed by atoms with Gasteiger partial charge in [-0.1, -0.05) is 6.07 Å². The van der Waals surface area contributed by atoms with Gasteiger partial charge in [0.25, 0.3) is 0 Å². The van der Waals surface area contributed by atoms with Gasteiger partial charge in [-0.2, -0.15) is 10.2 Å². The maximum absolute atomic E-state index is 10.0. The lowest BCUT2D eigenvalue weighted by atomic mass is 10.1. The Morgan fingerprint density at radius 3 is 2.86 bits per heavy atom. The van der Waals surface area contributed by atoms with E-state index in [1.807, 2.05) is 29.1 Å². The van der Waals surface area contributed by atoms with Crippen molar-refractivity contribution in [1.29, 1.82) is 0 Å². The maximum atomic E-state index is 10.0. The molecule has 1 saturated heterocycles. The molecule has 1 atom stereocenters. The summed E-state index contributed by atoms with van der Waals surface area (Å²) in [5, 5.41) is 19.6. The zero-order valence-electron chi connectivity index (χ0n) is 12.4. The molecule has 1 aliphatic heterocycles. The number of aryl methyl sites for hydroxylation is 1. The van der Waals surface area contributed by atoms with Gasteiger partial charge >= 0.3 is 0 Å². The Hall–Kier alpha value is -2.34. The van der Waals surface area contributed by atoms with Crippen LogP contribution >= 0.6 is 0 Å². The zero-order chi connectivity index (χ0) is 15.1. The van der Waals surface area contributed by atoms with E-state index < -0.39 is 0 Å². The van der Waals surface area contributed by atoms with Crippen LogP contribution in [0.4, 0.5) is 0 Å². The number of hydrogen-bond donors (Lipinski definition) is 1. The lowest BCUT2D eigenvalue weighted by Crippen LogP contribution is -2.18. The van der Waals surface area contributed by atoms with Crippen LogP contribution in [0.3, 0.4) is 0 Å². The molecule has 22 heavy (non-hydrogen) atoms. The standard InChI is InChI=1S/C16H18N4O2/c1-19-16(21)13(10-17-19)11-5-6-14-12(8-11)9-18-20(14)15-4-2-3-7-22-15/h5-6,8-10,15,21H,2-4,7H2,1H3. The molecule has 4 rings (SSSR count). The average molecular weight is 298 g/mol. The van der Waals surface area contributed by atoms with Gasteiger partial charge in [-0.15, -0.1) is 0 Å². The van der Waals surface area contributed by atoms with Crippen molar-refractivity contribution in [3.05, 3.63) is 30.6 Å². The molecule has 1 fully saturated rings. The minimum atomic E-state index is 0.0314. The second-order valence-electron chi connectivity index (χ2n) is 5.69. The van der Waals surface area contributed by atoms with Crippen molar-refractivity contribution in [2.24, 2.45) is 7.05 Å². The molecule has 3 aromatic rings. The van der Waals surface area contributed by atoms with Gasteiger partial charge in [0.05, 0.1) is 23.5 Å². The normalized spacial score (nSPS) is 18.9. The van der Waals surface area contributed by atoms with Crippen LogP contribution in [0.5, 0.6) is 5.88 Å². The minimum Gasteiger partial charge on any atom is -0.493 e. The Morgan fingerprint density at radius 2 is 2.14 bits per heavy atom. The van der Waals surface area contributed by atoms with Gasteiger partial charge in [-0.3, -0.25) is 0 Å². The quantitative estimate of drug-likeness (QED) is 0.790. The predicted molar refractivity (Wildman–Crippen MR) is 82.4 cm³/mol. The van der Waals surface area contributed by atoms with Crippen molar-refractivity contribution in [1.82, 2.24) is 19.6 Å². The Kier molecular flexibility index (Phi) is 3.11. The fourth-order valence-electron chi connectivity index (χ4n) is 3.00. The zero-order valence-corrected chi connectivity index (χ0v) is 12.4. The lowest BCUT2D eigenvalue weighted by molar-refractivity contribution is -0.0366. The third-order valence-corrected chi connectivity index (χ3v) is 4.24. The molecule has 0 radical (unpaired) electrons. The molecule has 0 spiro atoms. The van der Waals surface area contributed by atoms with Crippen molar-refractivity contribution < 1.29 is 9.84 Å². The van der Waals surface area contributed by atoms with E-state index in [0.29, 0.717) is 0 Å². The first kappa shape index (κ1) is 13.3. The molecule has 0 aliphatic carbocycles. The van der Waals surface area contributed by atoms with Crippen LogP contribution in [0.2, 0.25) is 0 Å². The Morgan fingerprint density at radius 1 is 1.23 bits per heavy atom. The molecule has 0 amide bonds. The van der Waals surface area contributed by atoms with E-state index in [4.69, 9.17) is 4.74 Å². The third-order valence-electron chi connectivity index (χ3n) is 4.24. The van der Waals surface area contributed by atoms with Gasteiger partial charge < -0.3 is 9.84 Å². The van der Waals surface area contributed by atoms with E-state index in [0.717, 1.165) is 41.5 Å². The number of benzene rings is 1. The first-order valence-electron chi connectivity index (χ1n) is 7.54. The SMILES string of the molecule is Cn1ncc(-c2ccc3c(cnn3C3CCCCO3)c2)c1O. The Bertz CT molecular complexity index is 815. The van der Waals surface area contributed by atoms with E-state index in [-0.39, 0.29) is 12.1 Å². The fraction of sp³-hybridized carbons (Fsp3) is 0.375. The van der Waals surface area contributed by atoms with Crippen LogP contribution in [-0.4, -0.2) is 31.3 Å². The summed E-state index contributed by atoms with van der Waals surface area (Å²) in [6, 6.07) is 6.04. The van der Waals surface area contributed by atoms with Gasteiger partial charge in [-0.05, 0) is 37.0 Å². The van der Waals surface area contributed by atoms with Crippen molar-refractivity contribution in [3.63, 3.8) is 0 Å².